The van der Waals surface area contributed by atoms with Crippen LogP contribution in [-0.4, -0.2) is 17.7 Å². The quantitative estimate of drug-likeness (QED) is 0.783. The summed E-state index contributed by atoms with van der Waals surface area (Å²) < 4.78 is 4.70. The number of phenols is 1. The van der Waals surface area contributed by atoms with Gasteiger partial charge in [0, 0.05) is 0 Å². The molecular formula is C10H8ClNO3. The van der Waals surface area contributed by atoms with E-state index in [2.05, 4.69) is 0 Å². The SMILES string of the molecule is CCOC(=O)c1ccc(C#N)c(Cl)c1O. The summed E-state index contributed by atoms with van der Waals surface area (Å²) in [6.45, 7) is 1.86. The fourth-order valence-corrected chi connectivity index (χ4v) is 1.23. The summed E-state index contributed by atoms with van der Waals surface area (Å²) in [5, 5.41) is 18.0. The van der Waals surface area contributed by atoms with Gasteiger partial charge in [-0.05, 0) is 19.1 Å². The normalized spacial score (nSPS) is 9.40. The van der Waals surface area contributed by atoms with Crippen LogP contribution in [0, 0.1) is 11.3 Å². The minimum Gasteiger partial charge on any atom is -0.505 e. The first-order valence-corrected chi connectivity index (χ1v) is 4.58. The minimum absolute atomic E-state index is 0.0409. The van der Waals surface area contributed by atoms with Crippen LogP contribution in [0.2, 0.25) is 5.02 Å². The third kappa shape index (κ3) is 2.20. The third-order valence-corrected chi connectivity index (χ3v) is 2.11. The van der Waals surface area contributed by atoms with Gasteiger partial charge in [0.1, 0.15) is 22.4 Å². The summed E-state index contributed by atoms with van der Waals surface area (Å²) in [5.74, 6) is -1.09. The summed E-state index contributed by atoms with van der Waals surface area (Å²) >= 11 is 5.66. The van der Waals surface area contributed by atoms with Gasteiger partial charge in [-0.1, -0.05) is 11.6 Å². The van der Waals surface area contributed by atoms with Gasteiger partial charge in [0.25, 0.3) is 0 Å². The maximum atomic E-state index is 11.3. The third-order valence-electron chi connectivity index (χ3n) is 1.73. The Bertz CT molecular complexity index is 437. The molecule has 1 aromatic carbocycles. The van der Waals surface area contributed by atoms with Crippen molar-refractivity contribution >= 4 is 17.6 Å². The van der Waals surface area contributed by atoms with Gasteiger partial charge in [0.2, 0.25) is 0 Å². The van der Waals surface area contributed by atoms with Gasteiger partial charge < -0.3 is 9.84 Å². The number of esters is 1. The minimum atomic E-state index is -0.665. The van der Waals surface area contributed by atoms with Gasteiger partial charge in [-0.3, -0.25) is 0 Å². The highest BCUT2D eigenvalue weighted by atomic mass is 35.5. The van der Waals surface area contributed by atoms with E-state index in [1.165, 1.54) is 12.1 Å². The van der Waals surface area contributed by atoms with E-state index < -0.39 is 11.7 Å². The Morgan fingerprint density at radius 2 is 2.33 bits per heavy atom. The van der Waals surface area contributed by atoms with Crippen LogP contribution >= 0.6 is 11.6 Å². The highest BCUT2D eigenvalue weighted by Crippen LogP contribution is 2.30. The van der Waals surface area contributed by atoms with Gasteiger partial charge in [-0.15, -0.1) is 0 Å². The molecule has 15 heavy (non-hydrogen) atoms. The number of aromatic hydroxyl groups is 1. The van der Waals surface area contributed by atoms with Crippen molar-refractivity contribution < 1.29 is 14.6 Å². The maximum absolute atomic E-state index is 11.3. The molecule has 1 N–H and O–H groups in total. The van der Waals surface area contributed by atoms with Crippen LogP contribution in [0.15, 0.2) is 12.1 Å². The number of halogens is 1. The van der Waals surface area contributed by atoms with E-state index in [-0.39, 0.29) is 22.8 Å². The van der Waals surface area contributed by atoms with Crippen molar-refractivity contribution in [3.05, 3.63) is 28.3 Å². The predicted octanol–water partition coefficient (Wildman–Crippen LogP) is 2.09. The monoisotopic (exact) mass is 225 g/mol. The molecule has 1 rings (SSSR count). The van der Waals surface area contributed by atoms with Crippen LogP contribution in [0.1, 0.15) is 22.8 Å². The second-order valence-electron chi connectivity index (χ2n) is 2.66. The van der Waals surface area contributed by atoms with Crippen LogP contribution < -0.4 is 0 Å². The van der Waals surface area contributed by atoms with E-state index >= 15 is 0 Å². The average Bonchev–Trinajstić information content (AvgIpc) is 2.22. The number of nitriles is 1. The van der Waals surface area contributed by atoms with Crippen molar-refractivity contribution in [2.75, 3.05) is 6.61 Å². The first-order chi connectivity index (χ1) is 7.11. The van der Waals surface area contributed by atoms with E-state index in [0.717, 1.165) is 0 Å². The molecule has 0 fully saturated rings. The standard InChI is InChI=1S/C10H8ClNO3/c1-2-15-10(14)7-4-3-6(5-12)8(11)9(7)13/h3-4,13H,2H2,1H3. The molecule has 5 heteroatoms. The Morgan fingerprint density at radius 1 is 1.67 bits per heavy atom. The largest absolute Gasteiger partial charge is 0.505 e. The Hall–Kier alpha value is -1.73. The Labute approximate surface area is 91.7 Å². The van der Waals surface area contributed by atoms with Crippen molar-refractivity contribution in [3.8, 4) is 11.8 Å². The van der Waals surface area contributed by atoms with E-state index in [0.29, 0.717) is 0 Å². The van der Waals surface area contributed by atoms with Crippen LogP contribution in [0.5, 0.6) is 5.75 Å². The Morgan fingerprint density at radius 3 is 2.87 bits per heavy atom. The molecule has 0 aromatic heterocycles. The molecule has 0 saturated heterocycles. The van der Waals surface area contributed by atoms with Crippen molar-refractivity contribution in [2.45, 2.75) is 6.92 Å². The lowest BCUT2D eigenvalue weighted by molar-refractivity contribution is 0.0523. The molecule has 0 unspecified atom stereocenters. The Balaban J connectivity index is 3.19. The number of ether oxygens (including phenoxy) is 1. The average molecular weight is 226 g/mol. The molecule has 0 bridgehead atoms. The van der Waals surface area contributed by atoms with Crippen molar-refractivity contribution in [3.63, 3.8) is 0 Å². The second-order valence-corrected chi connectivity index (χ2v) is 3.03. The van der Waals surface area contributed by atoms with Crippen LogP contribution in [0.4, 0.5) is 0 Å². The molecule has 0 spiro atoms. The number of benzene rings is 1. The summed E-state index contributed by atoms with van der Waals surface area (Å²) in [7, 11) is 0. The van der Waals surface area contributed by atoms with Crippen LogP contribution in [0.3, 0.4) is 0 Å². The van der Waals surface area contributed by atoms with E-state index in [9.17, 15) is 9.90 Å². The summed E-state index contributed by atoms with van der Waals surface area (Å²) in [4.78, 5) is 11.3. The zero-order valence-electron chi connectivity index (χ0n) is 7.95. The Kier molecular flexibility index (Phi) is 3.53. The van der Waals surface area contributed by atoms with E-state index in [1.54, 1.807) is 13.0 Å². The molecule has 0 atom stereocenters. The van der Waals surface area contributed by atoms with E-state index in [4.69, 9.17) is 21.6 Å². The molecule has 78 valence electrons. The number of carbonyl (C=O) groups excluding carboxylic acids is 1. The second kappa shape index (κ2) is 4.67. The first-order valence-electron chi connectivity index (χ1n) is 4.20. The molecular weight excluding hydrogens is 218 g/mol. The topological polar surface area (TPSA) is 70.3 Å². The highest BCUT2D eigenvalue weighted by molar-refractivity contribution is 6.33. The predicted molar refractivity (Wildman–Crippen MR) is 53.8 cm³/mol. The molecule has 0 amide bonds. The zero-order chi connectivity index (χ0) is 11.4. The molecule has 1 aromatic rings. The summed E-state index contributed by atoms with van der Waals surface area (Å²) in [5.41, 5.74) is 0.0723. The molecule has 0 aliphatic carbocycles. The number of hydrogen-bond donors (Lipinski definition) is 1. The van der Waals surface area contributed by atoms with Crippen molar-refractivity contribution in [2.24, 2.45) is 0 Å². The highest BCUT2D eigenvalue weighted by Gasteiger charge is 2.17. The van der Waals surface area contributed by atoms with Gasteiger partial charge in [-0.2, -0.15) is 5.26 Å². The first kappa shape index (κ1) is 11.3. The number of rotatable bonds is 2. The molecule has 0 saturated carbocycles. The lowest BCUT2D eigenvalue weighted by Crippen LogP contribution is -2.05. The van der Waals surface area contributed by atoms with Gasteiger partial charge in [0.15, 0.2) is 0 Å². The fourth-order valence-electron chi connectivity index (χ4n) is 1.02. The van der Waals surface area contributed by atoms with Crippen molar-refractivity contribution in [1.82, 2.24) is 0 Å². The van der Waals surface area contributed by atoms with Crippen molar-refractivity contribution in [1.29, 1.82) is 5.26 Å². The van der Waals surface area contributed by atoms with Gasteiger partial charge in [-0.25, -0.2) is 4.79 Å². The number of nitrogens with zero attached hydrogens (tertiary/aromatic N) is 1. The van der Waals surface area contributed by atoms with E-state index in [1.807, 2.05) is 0 Å². The molecule has 0 heterocycles. The number of carbonyl (C=O) groups is 1. The smallest absolute Gasteiger partial charge is 0.341 e. The zero-order valence-corrected chi connectivity index (χ0v) is 8.71. The fraction of sp³-hybridized carbons (Fsp3) is 0.200. The van der Waals surface area contributed by atoms with Crippen LogP contribution in [-0.2, 0) is 4.74 Å². The lowest BCUT2D eigenvalue weighted by Gasteiger charge is -2.06. The van der Waals surface area contributed by atoms with Gasteiger partial charge in [0.05, 0.1) is 12.2 Å². The van der Waals surface area contributed by atoms with Gasteiger partial charge >= 0.3 is 5.97 Å². The molecule has 4 nitrogen and oxygen atoms in total. The molecule has 0 radical (unpaired) electrons. The summed E-state index contributed by atoms with van der Waals surface area (Å²) in [6.07, 6.45) is 0. The lowest BCUT2D eigenvalue weighted by atomic mass is 10.1. The number of phenolic OH excluding ortho intramolecular Hbond substituents is 1. The molecule has 0 aliphatic rings. The van der Waals surface area contributed by atoms with Crippen LogP contribution in [0.25, 0.3) is 0 Å². The number of hydrogen-bond acceptors (Lipinski definition) is 4. The molecule has 0 aliphatic heterocycles. The summed E-state index contributed by atoms with van der Waals surface area (Å²) in [6, 6.07) is 4.45. The maximum Gasteiger partial charge on any atom is 0.341 e.